The Bertz CT molecular complexity index is 596. The van der Waals surface area contributed by atoms with Crippen LogP contribution in [0, 0.1) is 0 Å². The fraction of sp³-hybridized carbons (Fsp3) is 0.417. The lowest BCUT2D eigenvalue weighted by Gasteiger charge is -2.11. The fourth-order valence-electron chi connectivity index (χ4n) is 1.91. The van der Waals surface area contributed by atoms with Crippen molar-refractivity contribution in [1.29, 1.82) is 0 Å². The number of sulfonamides is 1. The van der Waals surface area contributed by atoms with E-state index in [1.807, 2.05) is 6.07 Å². The third-order valence-corrected chi connectivity index (χ3v) is 3.30. The summed E-state index contributed by atoms with van der Waals surface area (Å²) in [4.78, 5) is 4.33. The average Bonchev–Trinajstić information content (AvgIpc) is 2.82. The molecule has 1 aromatic carbocycles. The van der Waals surface area contributed by atoms with Crippen molar-refractivity contribution in [2.45, 2.75) is 6.42 Å². The summed E-state index contributed by atoms with van der Waals surface area (Å²) in [5, 5.41) is 3.19. The first-order chi connectivity index (χ1) is 8.98. The minimum atomic E-state index is -3.28. The van der Waals surface area contributed by atoms with Crippen molar-refractivity contribution in [2.75, 3.05) is 31.2 Å². The molecule has 2 rings (SSSR count). The number of methoxy groups -OCH3 is 1. The molecule has 0 radical (unpaired) electrons. The molecule has 19 heavy (non-hydrogen) atoms. The van der Waals surface area contributed by atoms with Crippen LogP contribution in [-0.4, -0.2) is 40.7 Å². The largest absolute Gasteiger partial charge is 0.496 e. The molecule has 7 heteroatoms. The van der Waals surface area contributed by atoms with Crippen LogP contribution in [0.3, 0.4) is 0 Å². The molecule has 0 aromatic heterocycles. The lowest BCUT2D eigenvalue weighted by atomic mass is 10.1. The van der Waals surface area contributed by atoms with Crippen molar-refractivity contribution in [2.24, 2.45) is 4.99 Å². The van der Waals surface area contributed by atoms with Gasteiger partial charge in [-0.1, -0.05) is 6.07 Å². The van der Waals surface area contributed by atoms with Gasteiger partial charge in [0.1, 0.15) is 11.6 Å². The summed E-state index contributed by atoms with van der Waals surface area (Å²) in [7, 11) is -1.72. The highest BCUT2D eigenvalue weighted by Crippen LogP contribution is 2.24. The topological polar surface area (TPSA) is 79.8 Å². The highest BCUT2D eigenvalue weighted by Gasteiger charge is 2.11. The van der Waals surface area contributed by atoms with Gasteiger partial charge in [0.05, 0.1) is 25.6 Å². The molecule has 0 amide bonds. The fourth-order valence-corrected chi connectivity index (χ4v) is 2.47. The highest BCUT2D eigenvalue weighted by molar-refractivity contribution is 7.92. The zero-order chi connectivity index (χ0) is 13.9. The molecule has 1 aliphatic heterocycles. The minimum Gasteiger partial charge on any atom is -0.496 e. The number of nitrogens with one attached hydrogen (secondary N) is 2. The lowest BCUT2D eigenvalue weighted by molar-refractivity contribution is 0.411. The zero-order valence-corrected chi connectivity index (χ0v) is 11.8. The highest BCUT2D eigenvalue weighted by atomic mass is 32.2. The van der Waals surface area contributed by atoms with Crippen molar-refractivity contribution >= 4 is 21.5 Å². The summed E-state index contributed by atoms with van der Waals surface area (Å²) in [6.07, 6.45) is 1.77. The zero-order valence-electron chi connectivity index (χ0n) is 10.9. The van der Waals surface area contributed by atoms with E-state index in [1.165, 1.54) is 0 Å². The second-order valence-corrected chi connectivity index (χ2v) is 6.08. The monoisotopic (exact) mass is 283 g/mol. The number of aliphatic imine (C=N–C) groups is 1. The van der Waals surface area contributed by atoms with Crippen LogP contribution in [0.2, 0.25) is 0 Å². The van der Waals surface area contributed by atoms with Gasteiger partial charge in [0, 0.05) is 24.6 Å². The van der Waals surface area contributed by atoms with Crippen molar-refractivity contribution in [3.05, 3.63) is 23.8 Å². The number of rotatable bonds is 5. The Morgan fingerprint density at radius 1 is 1.47 bits per heavy atom. The van der Waals surface area contributed by atoms with Gasteiger partial charge in [-0.3, -0.25) is 9.71 Å². The van der Waals surface area contributed by atoms with Gasteiger partial charge in [0.2, 0.25) is 10.0 Å². The molecule has 0 unspecified atom stereocenters. The first-order valence-corrected chi connectivity index (χ1v) is 7.79. The molecule has 1 heterocycles. The van der Waals surface area contributed by atoms with E-state index in [4.69, 9.17) is 4.74 Å². The van der Waals surface area contributed by atoms with Gasteiger partial charge < -0.3 is 10.1 Å². The summed E-state index contributed by atoms with van der Waals surface area (Å²) in [6, 6.07) is 5.23. The van der Waals surface area contributed by atoms with Gasteiger partial charge in [-0.2, -0.15) is 0 Å². The molecule has 0 bridgehead atoms. The van der Waals surface area contributed by atoms with E-state index >= 15 is 0 Å². The summed E-state index contributed by atoms with van der Waals surface area (Å²) >= 11 is 0. The smallest absolute Gasteiger partial charge is 0.229 e. The van der Waals surface area contributed by atoms with Crippen LogP contribution >= 0.6 is 0 Å². The van der Waals surface area contributed by atoms with Gasteiger partial charge in [0.15, 0.2) is 0 Å². The number of anilines is 1. The van der Waals surface area contributed by atoms with E-state index in [-0.39, 0.29) is 0 Å². The quantitative estimate of drug-likeness (QED) is 0.830. The van der Waals surface area contributed by atoms with Crippen LogP contribution in [0.1, 0.15) is 5.56 Å². The predicted molar refractivity (Wildman–Crippen MR) is 75.5 cm³/mol. The van der Waals surface area contributed by atoms with Crippen molar-refractivity contribution in [1.82, 2.24) is 5.32 Å². The summed E-state index contributed by atoms with van der Waals surface area (Å²) in [5.74, 6) is 1.58. The van der Waals surface area contributed by atoms with Gasteiger partial charge in [0.25, 0.3) is 0 Å². The maximum absolute atomic E-state index is 11.2. The Morgan fingerprint density at radius 2 is 2.26 bits per heavy atom. The van der Waals surface area contributed by atoms with E-state index in [0.29, 0.717) is 17.9 Å². The number of hydrogen-bond acceptors (Lipinski definition) is 5. The molecule has 1 aromatic rings. The van der Waals surface area contributed by atoms with E-state index in [0.717, 1.165) is 30.7 Å². The second kappa shape index (κ2) is 5.48. The molecule has 0 saturated heterocycles. The summed E-state index contributed by atoms with van der Waals surface area (Å²) in [5.41, 5.74) is 1.46. The molecule has 0 saturated carbocycles. The minimum absolute atomic E-state index is 0.490. The third kappa shape index (κ3) is 3.85. The molecule has 0 spiro atoms. The Kier molecular flexibility index (Phi) is 3.94. The van der Waals surface area contributed by atoms with Crippen LogP contribution in [0.25, 0.3) is 0 Å². The van der Waals surface area contributed by atoms with E-state index in [9.17, 15) is 8.42 Å². The van der Waals surface area contributed by atoms with Gasteiger partial charge in [-0.25, -0.2) is 8.42 Å². The number of amidine groups is 1. The average molecular weight is 283 g/mol. The van der Waals surface area contributed by atoms with Crippen LogP contribution < -0.4 is 14.8 Å². The Hall–Kier alpha value is -1.76. The number of ether oxygens (including phenoxy) is 1. The molecule has 2 N–H and O–H groups in total. The van der Waals surface area contributed by atoms with Gasteiger partial charge in [-0.05, 0) is 6.07 Å². The van der Waals surface area contributed by atoms with E-state index in [2.05, 4.69) is 15.0 Å². The Morgan fingerprint density at radius 3 is 2.84 bits per heavy atom. The van der Waals surface area contributed by atoms with Crippen molar-refractivity contribution in [3.63, 3.8) is 0 Å². The SMILES string of the molecule is COc1cc(NS(C)(=O)=O)ccc1CC1=NCCN1. The maximum Gasteiger partial charge on any atom is 0.229 e. The third-order valence-electron chi connectivity index (χ3n) is 2.69. The molecule has 1 aliphatic rings. The Balaban J connectivity index is 2.20. The predicted octanol–water partition coefficient (Wildman–Crippen LogP) is 0.611. The first kappa shape index (κ1) is 13.7. The normalized spacial score (nSPS) is 14.7. The molecular weight excluding hydrogens is 266 g/mol. The maximum atomic E-state index is 11.2. The number of hydrogen-bond donors (Lipinski definition) is 2. The Labute approximate surface area is 112 Å². The summed E-state index contributed by atoms with van der Waals surface area (Å²) < 4.78 is 30.1. The van der Waals surface area contributed by atoms with Crippen LogP contribution in [-0.2, 0) is 16.4 Å². The van der Waals surface area contributed by atoms with E-state index in [1.54, 1.807) is 19.2 Å². The second-order valence-electron chi connectivity index (χ2n) is 4.33. The molecule has 0 atom stereocenters. The standard InChI is InChI=1S/C12H17N3O3S/c1-18-11-8-10(15-19(2,16)17)4-3-9(11)7-12-13-5-6-14-12/h3-4,8,15H,5-7H2,1-2H3,(H,13,14). The van der Waals surface area contributed by atoms with Crippen molar-refractivity contribution < 1.29 is 13.2 Å². The lowest BCUT2D eigenvalue weighted by Crippen LogP contribution is -2.20. The first-order valence-electron chi connectivity index (χ1n) is 5.90. The molecular formula is C12H17N3O3S. The molecule has 0 fully saturated rings. The van der Waals surface area contributed by atoms with Crippen LogP contribution in [0.5, 0.6) is 5.75 Å². The van der Waals surface area contributed by atoms with Gasteiger partial charge >= 0.3 is 0 Å². The molecule has 6 nitrogen and oxygen atoms in total. The van der Waals surface area contributed by atoms with Crippen LogP contribution in [0.4, 0.5) is 5.69 Å². The molecule has 0 aliphatic carbocycles. The van der Waals surface area contributed by atoms with Crippen LogP contribution in [0.15, 0.2) is 23.2 Å². The summed E-state index contributed by atoms with van der Waals surface area (Å²) in [6.45, 7) is 1.66. The van der Waals surface area contributed by atoms with Crippen molar-refractivity contribution in [3.8, 4) is 5.75 Å². The molecule has 104 valence electrons. The number of nitrogens with zero attached hydrogens (tertiary/aromatic N) is 1. The van der Waals surface area contributed by atoms with E-state index < -0.39 is 10.0 Å². The van der Waals surface area contributed by atoms with Gasteiger partial charge in [-0.15, -0.1) is 0 Å². The number of benzene rings is 1.